The van der Waals surface area contributed by atoms with Gasteiger partial charge in [0.2, 0.25) is 0 Å². The third kappa shape index (κ3) is 6.42. The number of rotatable bonds is 8. The number of nitrogens with zero attached hydrogens (tertiary/aromatic N) is 1. The molecule has 186 valence electrons. The van der Waals surface area contributed by atoms with Crippen LogP contribution in [0, 0.1) is 6.92 Å². The summed E-state index contributed by atoms with van der Waals surface area (Å²) in [4.78, 5) is 14.4. The molecule has 1 amide bonds. The Morgan fingerprint density at radius 2 is 1.69 bits per heavy atom. The van der Waals surface area contributed by atoms with E-state index in [4.69, 9.17) is 4.18 Å². The predicted octanol–water partition coefficient (Wildman–Crippen LogP) is 6.22. The zero-order valence-electron chi connectivity index (χ0n) is 19.5. The largest absolute Gasteiger partial charge is 0.416 e. The van der Waals surface area contributed by atoms with Gasteiger partial charge in [-0.25, -0.2) is 0 Å². The van der Waals surface area contributed by atoms with Crippen molar-refractivity contribution in [3.05, 3.63) is 95.1 Å². The molecule has 0 aliphatic heterocycles. The minimum atomic E-state index is -4.69. The first kappa shape index (κ1) is 26.3. The van der Waals surface area contributed by atoms with E-state index in [1.807, 2.05) is 32.9 Å². The quantitative estimate of drug-likeness (QED) is 0.341. The van der Waals surface area contributed by atoms with Crippen LogP contribution in [0.15, 0.2) is 77.7 Å². The van der Waals surface area contributed by atoms with Crippen LogP contribution in [-0.2, 0) is 22.8 Å². The van der Waals surface area contributed by atoms with Gasteiger partial charge in [0.1, 0.15) is 10.6 Å². The van der Waals surface area contributed by atoms with Gasteiger partial charge < -0.3 is 9.08 Å². The number of alkyl halides is 3. The zero-order valence-corrected chi connectivity index (χ0v) is 20.4. The van der Waals surface area contributed by atoms with Crippen LogP contribution in [-0.4, -0.2) is 25.3 Å². The summed E-state index contributed by atoms with van der Waals surface area (Å²) in [5.74, 6) is -0.215. The van der Waals surface area contributed by atoms with Crippen molar-refractivity contribution in [3.8, 4) is 5.75 Å². The molecular weight excluding hydrogens is 479 g/mol. The maximum absolute atomic E-state index is 13.3. The van der Waals surface area contributed by atoms with Crippen molar-refractivity contribution in [2.45, 2.75) is 50.9 Å². The fraction of sp³-hybridized carbons (Fsp3) is 0.269. The second kappa shape index (κ2) is 10.5. The zero-order chi connectivity index (χ0) is 25.8. The van der Waals surface area contributed by atoms with Gasteiger partial charge in [-0.2, -0.15) is 21.6 Å². The maximum atomic E-state index is 13.3. The van der Waals surface area contributed by atoms with Gasteiger partial charge in [-0.1, -0.05) is 43.3 Å². The molecule has 0 saturated carbocycles. The molecule has 0 bridgehead atoms. The molecule has 0 spiro atoms. The standard InChI is InChI=1S/C26H26F3NO4S/c1-4-19(3)30(25(31)24-14-6-5-9-18(24)2)17-20-10-7-12-22(15-20)34-35(32,33)23-13-8-11-21(16-23)26(27,28)29/h5-16,19H,4,17H2,1-3H3. The van der Waals surface area contributed by atoms with Crippen LogP contribution in [0.5, 0.6) is 5.75 Å². The molecule has 3 aromatic rings. The number of carbonyl (C=O) groups is 1. The molecule has 0 radical (unpaired) electrons. The van der Waals surface area contributed by atoms with Crippen molar-refractivity contribution >= 4 is 16.0 Å². The van der Waals surface area contributed by atoms with Crippen molar-refractivity contribution < 1.29 is 30.6 Å². The highest BCUT2D eigenvalue weighted by molar-refractivity contribution is 7.87. The van der Waals surface area contributed by atoms with Crippen molar-refractivity contribution in [1.82, 2.24) is 4.90 Å². The molecule has 9 heteroatoms. The topological polar surface area (TPSA) is 63.7 Å². The minimum absolute atomic E-state index is 0.0626. The molecule has 0 aliphatic carbocycles. The summed E-state index contributed by atoms with van der Waals surface area (Å²) in [6.45, 7) is 5.94. The second-order valence-electron chi connectivity index (χ2n) is 8.22. The second-order valence-corrected chi connectivity index (χ2v) is 9.76. The summed E-state index contributed by atoms with van der Waals surface area (Å²) in [5.41, 5.74) is 0.946. The van der Waals surface area contributed by atoms with E-state index in [0.717, 1.165) is 23.8 Å². The van der Waals surface area contributed by atoms with Crippen LogP contribution in [0.25, 0.3) is 0 Å². The lowest BCUT2D eigenvalue weighted by Crippen LogP contribution is -2.38. The van der Waals surface area contributed by atoms with Crippen molar-refractivity contribution in [1.29, 1.82) is 0 Å². The number of benzene rings is 3. The first-order chi connectivity index (χ1) is 16.4. The molecule has 3 rings (SSSR count). The van der Waals surface area contributed by atoms with Gasteiger partial charge in [0, 0.05) is 18.2 Å². The van der Waals surface area contributed by atoms with Gasteiger partial charge in [0.05, 0.1) is 5.56 Å². The Morgan fingerprint density at radius 3 is 2.34 bits per heavy atom. The highest BCUT2D eigenvalue weighted by Gasteiger charge is 2.32. The van der Waals surface area contributed by atoms with Crippen LogP contribution in [0.3, 0.4) is 0 Å². The lowest BCUT2D eigenvalue weighted by molar-refractivity contribution is -0.137. The molecular formula is C26H26F3NO4S. The molecule has 0 aromatic heterocycles. The number of hydrogen-bond donors (Lipinski definition) is 0. The van der Waals surface area contributed by atoms with Gasteiger partial charge in [-0.15, -0.1) is 0 Å². The molecule has 3 aromatic carbocycles. The SMILES string of the molecule is CCC(C)N(Cc1cccc(OS(=O)(=O)c2cccc(C(F)(F)F)c2)c1)C(=O)c1ccccc1C. The molecule has 1 unspecified atom stereocenters. The number of halogens is 3. The van der Waals surface area contributed by atoms with Crippen molar-refractivity contribution in [2.24, 2.45) is 0 Å². The summed E-state index contributed by atoms with van der Waals surface area (Å²) < 4.78 is 69.4. The number of carbonyl (C=O) groups excluding carboxylic acids is 1. The minimum Gasteiger partial charge on any atom is -0.379 e. The lowest BCUT2D eigenvalue weighted by Gasteiger charge is -2.29. The summed E-state index contributed by atoms with van der Waals surface area (Å²) in [6, 6.07) is 16.7. The van der Waals surface area contributed by atoms with Crippen LogP contribution in [0.1, 0.15) is 47.3 Å². The Labute approximate surface area is 203 Å². The Kier molecular flexibility index (Phi) is 7.90. The Bertz CT molecular complexity index is 1310. The fourth-order valence-electron chi connectivity index (χ4n) is 3.51. The van der Waals surface area contributed by atoms with E-state index in [-0.39, 0.29) is 24.2 Å². The molecule has 0 heterocycles. The van der Waals surface area contributed by atoms with Gasteiger partial charge in [0.15, 0.2) is 0 Å². The van der Waals surface area contributed by atoms with Gasteiger partial charge in [0.25, 0.3) is 5.91 Å². The monoisotopic (exact) mass is 505 g/mol. The Morgan fingerprint density at radius 1 is 1.00 bits per heavy atom. The summed E-state index contributed by atoms with van der Waals surface area (Å²) >= 11 is 0. The third-order valence-corrected chi connectivity index (χ3v) is 6.91. The number of hydrogen-bond acceptors (Lipinski definition) is 4. The summed E-state index contributed by atoms with van der Waals surface area (Å²) in [5, 5.41) is 0. The highest BCUT2D eigenvalue weighted by atomic mass is 32.2. The van der Waals surface area contributed by atoms with Gasteiger partial charge in [-0.3, -0.25) is 4.79 Å². The maximum Gasteiger partial charge on any atom is 0.416 e. The molecule has 0 saturated heterocycles. The first-order valence-corrected chi connectivity index (χ1v) is 12.4. The van der Waals surface area contributed by atoms with E-state index < -0.39 is 26.8 Å². The molecule has 1 atom stereocenters. The predicted molar refractivity (Wildman–Crippen MR) is 127 cm³/mol. The summed E-state index contributed by atoms with van der Waals surface area (Å²) in [7, 11) is -4.51. The van der Waals surface area contributed by atoms with E-state index in [2.05, 4.69) is 0 Å². The highest BCUT2D eigenvalue weighted by Crippen LogP contribution is 2.31. The Hall–Kier alpha value is -3.33. The average Bonchev–Trinajstić information content (AvgIpc) is 2.81. The summed E-state index contributed by atoms with van der Waals surface area (Å²) in [6.07, 6.45) is -3.98. The molecule has 0 aliphatic rings. The van der Waals surface area contributed by atoms with E-state index in [1.165, 1.54) is 12.1 Å². The molecule has 0 N–H and O–H groups in total. The smallest absolute Gasteiger partial charge is 0.379 e. The van der Waals surface area contributed by atoms with Crippen molar-refractivity contribution in [2.75, 3.05) is 0 Å². The number of aryl methyl sites for hydroxylation is 1. The van der Waals surface area contributed by atoms with Crippen molar-refractivity contribution in [3.63, 3.8) is 0 Å². The van der Waals surface area contributed by atoms with E-state index in [1.54, 1.807) is 29.2 Å². The number of amides is 1. The average molecular weight is 506 g/mol. The first-order valence-electron chi connectivity index (χ1n) is 11.0. The molecule has 5 nitrogen and oxygen atoms in total. The van der Waals surface area contributed by atoms with E-state index >= 15 is 0 Å². The normalized spacial score (nSPS) is 12.7. The van der Waals surface area contributed by atoms with Crippen LogP contribution >= 0.6 is 0 Å². The van der Waals surface area contributed by atoms with Gasteiger partial charge in [-0.05, 0) is 67.8 Å². The third-order valence-electron chi connectivity index (χ3n) is 5.67. The van der Waals surface area contributed by atoms with Crippen LogP contribution < -0.4 is 4.18 Å². The van der Waals surface area contributed by atoms with E-state index in [9.17, 15) is 26.4 Å². The fourth-order valence-corrected chi connectivity index (χ4v) is 4.48. The van der Waals surface area contributed by atoms with Crippen LogP contribution in [0.4, 0.5) is 13.2 Å². The van der Waals surface area contributed by atoms with Crippen LogP contribution in [0.2, 0.25) is 0 Å². The lowest BCUT2D eigenvalue weighted by atomic mass is 10.1. The Balaban J connectivity index is 1.86. The van der Waals surface area contributed by atoms with E-state index in [0.29, 0.717) is 23.6 Å². The van der Waals surface area contributed by atoms with Gasteiger partial charge >= 0.3 is 16.3 Å². The molecule has 0 fully saturated rings. The molecule has 35 heavy (non-hydrogen) atoms.